The molecule has 0 heterocycles. The average Bonchev–Trinajstić information content (AvgIpc) is 3.35. The first kappa shape index (κ1) is 17.7. The standard InChI is InChI=1S/C18H29FN4/c1-5-20-18(21-12-14(2)23(4)17-9-10-17)22(3)13-15-7-6-8-16(19)11-15/h6-8,11,14,17H,5,9-10,12-13H2,1-4H3,(H,20,21). The lowest BCUT2D eigenvalue weighted by atomic mass is 10.2. The van der Waals surface area contributed by atoms with Crippen LogP contribution in [0.5, 0.6) is 0 Å². The van der Waals surface area contributed by atoms with Gasteiger partial charge in [0.05, 0.1) is 6.54 Å². The molecule has 0 spiro atoms. The summed E-state index contributed by atoms with van der Waals surface area (Å²) in [7, 11) is 4.17. The van der Waals surface area contributed by atoms with E-state index < -0.39 is 0 Å². The molecule has 1 aromatic carbocycles. The van der Waals surface area contributed by atoms with Gasteiger partial charge in [-0.2, -0.15) is 0 Å². The molecule has 0 aliphatic heterocycles. The van der Waals surface area contributed by atoms with Crippen LogP contribution in [0.2, 0.25) is 0 Å². The minimum atomic E-state index is -0.197. The molecule has 1 aliphatic rings. The second-order valence-corrected chi connectivity index (χ2v) is 6.43. The van der Waals surface area contributed by atoms with Crippen molar-refractivity contribution in [3.05, 3.63) is 35.6 Å². The Kier molecular flexibility index (Phi) is 6.39. The van der Waals surface area contributed by atoms with Gasteiger partial charge in [-0.15, -0.1) is 0 Å². The van der Waals surface area contributed by atoms with Crippen LogP contribution in [-0.2, 0) is 6.54 Å². The van der Waals surface area contributed by atoms with Crippen molar-refractivity contribution < 1.29 is 4.39 Å². The second kappa shape index (κ2) is 8.29. The van der Waals surface area contributed by atoms with Crippen molar-refractivity contribution in [1.82, 2.24) is 15.1 Å². The molecular formula is C18H29FN4. The molecule has 5 heteroatoms. The summed E-state index contributed by atoms with van der Waals surface area (Å²) < 4.78 is 13.3. The predicted octanol–water partition coefficient (Wildman–Crippen LogP) is 2.71. The Hall–Kier alpha value is -1.62. The van der Waals surface area contributed by atoms with E-state index in [1.165, 1.54) is 18.9 Å². The third kappa shape index (κ3) is 5.50. The lowest BCUT2D eigenvalue weighted by Crippen LogP contribution is -2.40. The van der Waals surface area contributed by atoms with E-state index in [0.717, 1.165) is 30.7 Å². The molecule has 23 heavy (non-hydrogen) atoms. The Morgan fingerprint density at radius 3 is 2.74 bits per heavy atom. The van der Waals surface area contributed by atoms with Crippen LogP contribution in [0.15, 0.2) is 29.3 Å². The smallest absolute Gasteiger partial charge is 0.194 e. The van der Waals surface area contributed by atoms with Gasteiger partial charge in [-0.3, -0.25) is 9.89 Å². The molecule has 1 saturated carbocycles. The SMILES string of the molecule is CCNC(=NCC(C)N(C)C1CC1)N(C)Cc1cccc(F)c1. The van der Waals surface area contributed by atoms with Gasteiger partial charge in [0.1, 0.15) is 5.82 Å². The van der Waals surface area contributed by atoms with Crippen LogP contribution in [-0.4, -0.2) is 55.0 Å². The van der Waals surface area contributed by atoms with Crippen molar-refractivity contribution in [3.8, 4) is 0 Å². The van der Waals surface area contributed by atoms with E-state index in [1.54, 1.807) is 12.1 Å². The van der Waals surface area contributed by atoms with E-state index in [4.69, 9.17) is 4.99 Å². The number of benzene rings is 1. The molecule has 4 nitrogen and oxygen atoms in total. The number of nitrogens with one attached hydrogen (secondary N) is 1. The molecular weight excluding hydrogens is 291 g/mol. The Morgan fingerprint density at radius 2 is 2.13 bits per heavy atom. The average molecular weight is 320 g/mol. The van der Waals surface area contributed by atoms with Gasteiger partial charge in [0, 0.05) is 32.2 Å². The Bertz CT molecular complexity index is 528. The largest absolute Gasteiger partial charge is 0.357 e. The molecule has 0 aromatic heterocycles. The van der Waals surface area contributed by atoms with Crippen molar-refractivity contribution >= 4 is 5.96 Å². The summed E-state index contributed by atoms with van der Waals surface area (Å²) in [5, 5.41) is 3.32. The van der Waals surface area contributed by atoms with Gasteiger partial charge in [0.15, 0.2) is 5.96 Å². The minimum Gasteiger partial charge on any atom is -0.357 e. The lowest BCUT2D eigenvalue weighted by molar-refractivity contribution is 0.252. The summed E-state index contributed by atoms with van der Waals surface area (Å²) in [5.41, 5.74) is 0.946. The quantitative estimate of drug-likeness (QED) is 0.619. The van der Waals surface area contributed by atoms with E-state index in [2.05, 4.69) is 31.1 Å². The molecule has 1 aromatic rings. The number of hydrogen-bond acceptors (Lipinski definition) is 2. The van der Waals surface area contributed by atoms with Crippen molar-refractivity contribution in [1.29, 1.82) is 0 Å². The maximum Gasteiger partial charge on any atom is 0.194 e. The third-order valence-corrected chi connectivity index (χ3v) is 4.33. The predicted molar refractivity (Wildman–Crippen MR) is 94.1 cm³/mol. The zero-order chi connectivity index (χ0) is 16.8. The zero-order valence-corrected chi connectivity index (χ0v) is 14.7. The monoisotopic (exact) mass is 320 g/mol. The summed E-state index contributed by atoms with van der Waals surface area (Å²) >= 11 is 0. The van der Waals surface area contributed by atoms with Crippen molar-refractivity contribution in [3.63, 3.8) is 0 Å². The third-order valence-electron chi connectivity index (χ3n) is 4.33. The first-order valence-corrected chi connectivity index (χ1v) is 8.47. The van der Waals surface area contributed by atoms with E-state index >= 15 is 0 Å². The van der Waals surface area contributed by atoms with E-state index in [-0.39, 0.29) is 5.82 Å². The van der Waals surface area contributed by atoms with E-state index in [0.29, 0.717) is 12.6 Å². The van der Waals surface area contributed by atoms with Gasteiger partial charge in [0.25, 0.3) is 0 Å². The van der Waals surface area contributed by atoms with E-state index in [1.807, 2.05) is 18.0 Å². The molecule has 1 N–H and O–H groups in total. The molecule has 0 radical (unpaired) electrons. The molecule has 0 saturated heterocycles. The van der Waals surface area contributed by atoms with Crippen LogP contribution in [0.4, 0.5) is 4.39 Å². The summed E-state index contributed by atoms with van der Waals surface area (Å²) in [5.74, 6) is 0.672. The van der Waals surface area contributed by atoms with Crippen molar-refractivity contribution in [2.24, 2.45) is 4.99 Å². The van der Waals surface area contributed by atoms with Gasteiger partial charge in [-0.05, 0) is 51.4 Å². The molecule has 0 amide bonds. The van der Waals surface area contributed by atoms with Crippen molar-refractivity contribution in [2.75, 3.05) is 27.2 Å². The van der Waals surface area contributed by atoms with Crippen molar-refractivity contribution in [2.45, 2.75) is 45.3 Å². The molecule has 0 bridgehead atoms. The van der Waals surface area contributed by atoms with Crippen LogP contribution in [0, 0.1) is 5.82 Å². The number of nitrogens with zero attached hydrogens (tertiary/aromatic N) is 3. The van der Waals surface area contributed by atoms with Crippen LogP contribution in [0.1, 0.15) is 32.3 Å². The number of halogens is 1. The minimum absolute atomic E-state index is 0.197. The van der Waals surface area contributed by atoms with Crippen LogP contribution in [0.25, 0.3) is 0 Å². The summed E-state index contributed by atoms with van der Waals surface area (Å²) in [6, 6.07) is 7.90. The van der Waals surface area contributed by atoms with Crippen LogP contribution in [0.3, 0.4) is 0 Å². The first-order valence-electron chi connectivity index (χ1n) is 8.47. The Morgan fingerprint density at radius 1 is 1.39 bits per heavy atom. The number of guanidine groups is 1. The topological polar surface area (TPSA) is 30.9 Å². The zero-order valence-electron chi connectivity index (χ0n) is 14.7. The fourth-order valence-corrected chi connectivity index (χ4v) is 2.64. The van der Waals surface area contributed by atoms with Crippen LogP contribution < -0.4 is 5.32 Å². The normalized spacial score (nSPS) is 16.5. The maximum atomic E-state index is 13.3. The number of likely N-dealkylation sites (N-methyl/N-ethyl adjacent to an activating group) is 1. The summed E-state index contributed by atoms with van der Waals surface area (Å²) in [4.78, 5) is 9.22. The van der Waals surface area contributed by atoms with Gasteiger partial charge in [-0.1, -0.05) is 12.1 Å². The Labute approximate surface area is 139 Å². The highest BCUT2D eigenvalue weighted by atomic mass is 19.1. The van der Waals surface area contributed by atoms with Gasteiger partial charge in [-0.25, -0.2) is 4.39 Å². The molecule has 1 unspecified atom stereocenters. The molecule has 1 aliphatic carbocycles. The highest BCUT2D eigenvalue weighted by molar-refractivity contribution is 5.79. The molecule has 1 atom stereocenters. The second-order valence-electron chi connectivity index (χ2n) is 6.43. The van der Waals surface area contributed by atoms with E-state index in [9.17, 15) is 4.39 Å². The lowest BCUT2D eigenvalue weighted by Gasteiger charge is -2.25. The fourth-order valence-electron chi connectivity index (χ4n) is 2.64. The van der Waals surface area contributed by atoms with Crippen LogP contribution >= 0.6 is 0 Å². The first-order chi connectivity index (χ1) is 11.0. The summed E-state index contributed by atoms with van der Waals surface area (Å²) in [6.45, 7) is 6.50. The number of rotatable bonds is 7. The molecule has 128 valence electrons. The summed E-state index contributed by atoms with van der Waals surface area (Å²) in [6.07, 6.45) is 2.62. The molecule has 1 fully saturated rings. The highest BCUT2D eigenvalue weighted by Gasteiger charge is 2.28. The number of aliphatic imine (C=N–C) groups is 1. The fraction of sp³-hybridized carbons (Fsp3) is 0.611. The van der Waals surface area contributed by atoms with Gasteiger partial charge >= 0.3 is 0 Å². The maximum absolute atomic E-state index is 13.3. The molecule has 2 rings (SSSR count). The highest BCUT2D eigenvalue weighted by Crippen LogP contribution is 2.26. The van der Waals surface area contributed by atoms with Gasteiger partial charge in [0.2, 0.25) is 0 Å². The number of hydrogen-bond donors (Lipinski definition) is 1. The van der Waals surface area contributed by atoms with Gasteiger partial charge < -0.3 is 10.2 Å². The Balaban J connectivity index is 1.96.